The molecule has 1 aromatic rings. The van der Waals surface area contributed by atoms with Gasteiger partial charge in [0.25, 0.3) is 5.91 Å². The summed E-state index contributed by atoms with van der Waals surface area (Å²) in [4.78, 5) is 24.9. The molecule has 1 amide bonds. The Hall–Kier alpha value is -1.36. The Balaban J connectivity index is 2.78. The van der Waals surface area contributed by atoms with Crippen molar-refractivity contribution in [3.8, 4) is 0 Å². The molecule has 0 aliphatic rings. The molecule has 106 valence electrons. The molecule has 5 heteroatoms. The van der Waals surface area contributed by atoms with Crippen LogP contribution in [-0.2, 0) is 11.2 Å². The summed E-state index contributed by atoms with van der Waals surface area (Å²) in [6, 6.07) is 1.03. The van der Waals surface area contributed by atoms with Crippen LogP contribution in [0.15, 0.2) is 6.07 Å². The molecule has 0 saturated carbocycles. The third-order valence-corrected chi connectivity index (χ3v) is 4.03. The lowest BCUT2D eigenvalue weighted by molar-refractivity contribution is -0.139. The average Bonchev–Trinajstić information content (AvgIpc) is 2.69. The number of aliphatic carboxylic acids is 1. The number of thiophene rings is 1. The molecule has 1 atom stereocenters. The molecule has 0 saturated heterocycles. The highest BCUT2D eigenvalue weighted by Crippen LogP contribution is 2.22. The van der Waals surface area contributed by atoms with Crippen LogP contribution in [0.2, 0.25) is 0 Å². The number of carboxylic acids is 1. The summed E-state index contributed by atoms with van der Waals surface area (Å²) in [7, 11) is 0. The molecule has 0 unspecified atom stereocenters. The van der Waals surface area contributed by atoms with E-state index in [4.69, 9.17) is 5.11 Å². The number of aryl methyl sites for hydroxylation is 2. The zero-order chi connectivity index (χ0) is 14.6. The molecule has 0 bridgehead atoms. The zero-order valence-corrected chi connectivity index (χ0v) is 12.6. The normalized spacial score (nSPS) is 12.5. The second-order valence-corrected chi connectivity index (χ2v) is 6.30. The Labute approximate surface area is 117 Å². The largest absolute Gasteiger partial charge is 0.480 e. The molecule has 0 aliphatic carbocycles. The lowest BCUT2D eigenvalue weighted by Crippen LogP contribution is -2.41. The third kappa shape index (κ3) is 4.35. The van der Waals surface area contributed by atoms with E-state index in [1.54, 1.807) is 0 Å². The fourth-order valence-electron chi connectivity index (χ4n) is 1.90. The van der Waals surface area contributed by atoms with Crippen LogP contribution in [-0.4, -0.2) is 23.0 Å². The minimum absolute atomic E-state index is 0.220. The minimum atomic E-state index is -0.981. The van der Waals surface area contributed by atoms with Crippen molar-refractivity contribution in [3.63, 3.8) is 0 Å². The van der Waals surface area contributed by atoms with Crippen molar-refractivity contribution < 1.29 is 14.7 Å². The van der Waals surface area contributed by atoms with E-state index in [0.29, 0.717) is 11.3 Å². The molecule has 0 spiro atoms. The third-order valence-electron chi connectivity index (χ3n) is 2.94. The van der Waals surface area contributed by atoms with Crippen LogP contribution in [0.3, 0.4) is 0 Å². The van der Waals surface area contributed by atoms with Crippen LogP contribution in [0.25, 0.3) is 0 Å². The van der Waals surface area contributed by atoms with Gasteiger partial charge in [0.1, 0.15) is 6.04 Å². The summed E-state index contributed by atoms with van der Waals surface area (Å²) in [5.41, 5.74) is 1.14. The van der Waals surface area contributed by atoms with Gasteiger partial charge in [0.2, 0.25) is 0 Å². The number of nitrogens with one attached hydrogen (secondary N) is 1. The van der Waals surface area contributed by atoms with E-state index < -0.39 is 12.0 Å². The standard InChI is InChI=1S/C14H21NO3S/c1-5-10-7-12(19-9(10)4)13(16)15-11(14(17)18)6-8(2)3/h7-8,11H,5-6H2,1-4H3,(H,15,16)(H,17,18)/t11-/m0/s1. The maximum Gasteiger partial charge on any atom is 0.326 e. The van der Waals surface area contributed by atoms with Gasteiger partial charge in [-0.15, -0.1) is 11.3 Å². The van der Waals surface area contributed by atoms with Gasteiger partial charge in [-0.25, -0.2) is 4.79 Å². The first-order chi connectivity index (χ1) is 8.85. The fraction of sp³-hybridized carbons (Fsp3) is 0.571. The predicted octanol–water partition coefficient (Wildman–Crippen LogP) is 2.85. The lowest BCUT2D eigenvalue weighted by atomic mass is 10.0. The van der Waals surface area contributed by atoms with Gasteiger partial charge in [-0.05, 0) is 37.3 Å². The molecule has 1 heterocycles. The number of hydrogen-bond acceptors (Lipinski definition) is 3. The van der Waals surface area contributed by atoms with E-state index in [9.17, 15) is 9.59 Å². The van der Waals surface area contributed by atoms with Crippen molar-refractivity contribution in [1.82, 2.24) is 5.32 Å². The Morgan fingerprint density at radius 3 is 2.47 bits per heavy atom. The number of carbonyl (C=O) groups excluding carboxylic acids is 1. The van der Waals surface area contributed by atoms with Crippen molar-refractivity contribution in [1.29, 1.82) is 0 Å². The Kier molecular flexibility index (Phi) is 5.54. The number of hydrogen-bond donors (Lipinski definition) is 2. The van der Waals surface area contributed by atoms with Crippen molar-refractivity contribution in [2.45, 2.75) is 46.6 Å². The average molecular weight is 283 g/mol. The summed E-state index contributed by atoms with van der Waals surface area (Å²) in [6.07, 6.45) is 1.32. The maximum atomic E-state index is 12.1. The molecular formula is C14H21NO3S. The minimum Gasteiger partial charge on any atom is -0.480 e. The first-order valence-corrected chi connectivity index (χ1v) is 7.29. The second kappa shape index (κ2) is 6.70. The summed E-state index contributed by atoms with van der Waals surface area (Å²) in [6.45, 7) is 7.89. The van der Waals surface area contributed by atoms with Crippen LogP contribution in [0.1, 0.15) is 47.3 Å². The molecule has 1 aromatic heterocycles. The zero-order valence-electron chi connectivity index (χ0n) is 11.8. The highest BCUT2D eigenvalue weighted by Gasteiger charge is 2.22. The van der Waals surface area contributed by atoms with Gasteiger partial charge in [0, 0.05) is 4.88 Å². The lowest BCUT2D eigenvalue weighted by Gasteiger charge is -2.15. The van der Waals surface area contributed by atoms with Gasteiger partial charge in [-0.2, -0.15) is 0 Å². The molecule has 19 heavy (non-hydrogen) atoms. The van der Waals surface area contributed by atoms with Crippen LogP contribution >= 0.6 is 11.3 Å². The van der Waals surface area contributed by atoms with Crippen LogP contribution in [0, 0.1) is 12.8 Å². The molecule has 2 N–H and O–H groups in total. The monoisotopic (exact) mass is 283 g/mol. The molecule has 0 fully saturated rings. The van der Waals surface area contributed by atoms with E-state index in [1.807, 2.05) is 33.8 Å². The van der Waals surface area contributed by atoms with Gasteiger partial charge >= 0.3 is 5.97 Å². The summed E-state index contributed by atoms with van der Waals surface area (Å²) >= 11 is 1.41. The van der Waals surface area contributed by atoms with E-state index in [2.05, 4.69) is 5.32 Å². The number of carbonyl (C=O) groups is 2. The summed E-state index contributed by atoms with van der Waals surface area (Å²) < 4.78 is 0. The van der Waals surface area contributed by atoms with Crippen molar-refractivity contribution >= 4 is 23.2 Å². The topological polar surface area (TPSA) is 66.4 Å². The van der Waals surface area contributed by atoms with Crippen molar-refractivity contribution in [3.05, 3.63) is 21.4 Å². The number of rotatable bonds is 6. The Morgan fingerprint density at radius 1 is 1.42 bits per heavy atom. The molecule has 1 rings (SSSR count). The van der Waals surface area contributed by atoms with Crippen LogP contribution in [0.5, 0.6) is 0 Å². The SMILES string of the molecule is CCc1cc(C(=O)N[C@@H](CC(C)C)C(=O)O)sc1C. The molecule has 0 aromatic carbocycles. The van der Waals surface area contributed by atoms with Gasteiger partial charge < -0.3 is 10.4 Å². The smallest absolute Gasteiger partial charge is 0.326 e. The molecular weight excluding hydrogens is 262 g/mol. The highest BCUT2D eigenvalue weighted by atomic mass is 32.1. The van der Waals surface area contributed by atoms with E-state index in [1.165, 1.54) is 11.3 Å². The van der Waals surface area contributed by atoms with Crippen molar-refractivity contribution in [2.24, 2.45) is 5.92 Å². The van der Waals surface area contributed by atoms with E-state index in [0.717, 1.165) is 16.9 Å². The van der Waals surface area contributed by atoms with Crippen molar-refractivity contribution in [2.75, 3.05) is 0 Å². The summed E-state index contributed by atoms with van der Waals surface area (Å²) in [5, 5.41) is 11.7. The fourth-order valence-corrected chi connectivity index (χ4v) is 2.92. The van der Waals surface area contributed by atoms with Gasteiger partial charge in [0.05, 0.1) is 4.88 Å². The van der Waals surface area contributed by atoms with Gasteiger partial charge in [-0.3, -0.25) is 4.79 Å². The molecule has 4 nitrogen and oxygen atoms in total. The molecule has 0 aliphatic heterocycles. The first-order valence-electron chi connectivity index (χ1n) is 6.48. The molecule has 0 radical (unpaired) electrons. The Morgan fingerprint density at radius 2 is 2.05 bits per heavy atom. The van der Waals surface area contributed by atoms with E-state index >= 15 is 0 Å². The van der Waals surface area contributed by atoms with Crippen LogP contribution in [0.4, 0.5) is 0 Å². The number of carboxylic acid groups (broad SMARTS) is 1. The van der Waals surface area contributed by atoms with Gasteiger partial charge in [-0.1, -0.05) is 20.8 Å². The quantitative estimate of drug-likeness (QED) is 0.843. The summed E-state index contributed by atoms with van der Waals surface area (Å²) in [5.74, 6) is -1.05. The first kappa shape index (κ1) is 15.7. The van der Waals surface area contributed by atoms with E-state index in [-0.39, 0.29) is 11.8 Å². The highest BCUT2D eigenvalue weighted by molar-refractivity contribution is 7.14. The predicted molar refractivity (Wildman–Crippen MR) is 76.8 cm³/mol. The van der Waals surface area contributed by atoms with Gasteiger partial charge in [0.15, 0.2) is 0 Å². The van der Waals surface area contributed by atoms with Crippen LogP contribution < -0.4 is 5.32 Å². The Bertz CT molecular complexity index is 465. The second-order valence-electron chi connectivity index (χ2n) is 5.04. The number of amides is 1. The maximum absolute atomic E-state index is 12.1.